The van der Waals surface area contributed by atoms with Crippen molar-refractivity contribution < 1.29 is 33.3 Å². The van der Waals surface area contributed by atoms with Crippen molar-refractivity contribution in [3.05, 3.63) is 77.8 Å². The third-order valence-corrected chi connectivity index (χ3v) is 3.09. The summed E-state index contributed by atoms with van der Waals surface area (Å²) >= 11 is 6.19. The zero-order valence-corrected chi connectivity index (χ0v) is 13.7. The lowest BCUT2D eigenvalue weighted by molar-refractivity contribution is -2.00. The molecule has 0 N–H and O–H groups in total. The number of hydrogen-bond donors (Lipinski definition) is 0. The van der Waals surface area contributed by atoms with Gasteiger partial charge in [-0.15, -0.1) is 10.2 Å². The molecule has 5 nitrogen and oxygen atoms in total. The first-order chi connectivity index (χ1) is 11.3. The summed E-state index contributed by atoms with van der Waals surface area (Å²) in [6.07, 6.45) is 0. The first kappa shape index (κ1) is 18.4. The van der Waals surface area contributed by atoms with Gasteiger partial charge in [0.05, 0.1) is 28.3 Å². The first-order valence-corrected chi connectivity index (χ1v) is 8.30. The van der Waals surface area contributed by atoms with Crippen LogP contribution in [0.25, 0.3) is 22.6 Å². The molecular formula is C17H12Cl2O5. The molecule has 124 valence electrons. The Morgan fingerprint density at radius 2 is 1.00 bits per heavy atom. The van der Waals surface area contributed by atoms with Crippen LogP contribution in [-0.2, 0) is 0 Å². The second-order valence-corrected chi connectivity index (χ2v) is 5.81. The Morgan fingerprint density at radius 3 is 1.33 bits per heavy atom. The molecule has 1 aromatic heterocycles. The van der Waals surface area contributed by atoms with E-state index in [1.807, 2.05) is 72.8 Å². The topological polar surface area (TPSA) is 104 Å². The first-order valence-electron chi connectivity index (χ1n) is 6.69. The third-order valence-electron chi connectivity index (χ3n) is 2.87. The second kappa shape index (κ2) is 8.21. The van der Waals surface area contributed by atoms with E-state index in [4.69, 9.17) is 34.7 Å². The van der Waals surface area contributed by atoms with Gasteiger partial charge in [0, 0.05) is 0 Å². The maximum Gasteiger partial charge on any atom is 0.362 e. The fourth-order valence-corrected chi connectivity index (χ4v) is 2.16. The molecule has 0 aliphatic carbocycles. The maximum absolute atomic E-state index is 8.49. The fraction of sp³-hybridized carbons (Fsp3) is 0. The Balaban J connectivity index is 0.000000368. The van der Waals surface area contributed by atoms with Crippen LogP contribution in [0.4, 0.5) is 0 Å². The van der Waals surface area contributed by atoms with Crippen LogP contribution in [0.2, 0.25) is 5.02 Å². The van der Waals surface area contributed by atoms with E-state index >= 15 is 0 Å². The van der Waals surface area contributed by atoms with E-state index in [2.05, 4.69) is 0 Å². The van der Waals surface area contributed by atoms with Crippen molar-refractivity contribution in [1.29, 1.82) is 0 Å². The van der Waals surface area contributed by atoms with Gasteiger partial charge < -0.3 is 0 Å². The number of rotatable bonds is 2. The smallest absolute Gasteiger partial charge is 0.222 e. The average molecular weight is 367 g/mol. The molecule has 3 rings (SSSR count). The molecule has 3 aromatic rings. The predicted molar refractivity (Wildman–Crippen MR) is 79.0 cm³/mol. The summed E-state index contributed by atoms with van der Waals surface area (Å²) in [6.45, 7) is 0. The van der Waals surface area contributed by atoms with Gasteiger partial charge in [-0.3, -0.25) is 0 Å². The van der Waals surface area contributed by atoms with Crippen molar-refractivity contribution in [3.8, 4) is 22.6 Å². The van der Waals surface area contributed by atoms with E-state index in [-0.39, 0.29) is 0 Å². The van der Waals surface area contributed by atoms with E-state index < -0.39 is 10.2 Å². The molecule has 0 saturated carbocycles. The van der Waals surface area contributed by atoms with Crippen LogP contribution < -0.4 is 18.6 Å². The molecule has 0 radical (unpaired) electrons. The highest BCUT2D eigenvalue weighted by atomic mass is 35.7. The second-order valence-electron chi connectivity index (χ2n) is 4.61. The minimum Gasteiger partial charge on any atom is -0.222 e. The van der Waals surface area contributed by atoms with Crippen LogP contribution in [0.3, 0.4) is 0 Å². The SMILES string of the molecule is Clc1cc(-c2ccccc2)[o+]c(-c2ccccc2)c1.[O-][Cl+3]([O-])([O-])[O-]. The van der Waals surface area contributed by atoms with Crippen molar-refractivity contribution in [2.75, 3.05) is 0 Å². The fourth-order valence-electron chi connectivity index (χ4n) is 1.96. The van der Waals surface area contributed by atoms with Crippen LogP contribution in [0.15, 0.2) is 77.2 Å². The van der Waals surface area contributed by atoms with Crippen LogP contribution in [0.5, 0.6) is 0 Å². The van der Waals surface area contributed by atoms with Gasteiger partial charge in [0.25, 0.3) is 0 Å². The summed E-state index contributed by atoms with van der Waals surface area (Å²) < 4.78 is 39.9. The largest absolute Gasteiger partial charge is 0.362 e. The molecule has 0 fully saturated rings. The molecule has 0 bridgehead atoms. The van der Waals surface area contributed by atoms with Gasteiger partial charge in [-0.05, 0) is 24.3 Å². The standard InChI is InChI=1S/C17H12ClO.ClHO4/c18-15-11-16(13-7-3-1-4-8-13)19-17(12-15)14-9-5-2-6-10-14;2-1(3,4)5/h1-12H;(H,2,3,4,5)/q+1;/p-1. The average Bonchev–Trinajstić information content (AvgIpc) is 2.54. The Morgan fingerprint density at radius 1 is 0.667 bits per heavy atom. The number of hydrogen-bond acceptors (Lipinski definition) is 4. The van der Waals surface area contributed by atoms with Crippen molar-refractivity contribution in [1.82, 2.24) is 0 Å². The van der Waals surface area contributed by atoms with Crippen LogP contribution in [0.1, 0.15) is 0 Å². The molecule has 0 aliphatic rings. The van der Waals surface area contributed by atoms with Crippen LogP contribution in [-0.4, -0.2) is 0 Å². The van der Waals surface area contributed by atoms with Gasteiger partial charge in [0.1, 0.15) is 0 Å². The molecule has 0 saturated heterocycles. The van der Waals surface area contributed by atoms with Crippen molar-refractivity contribution >= 4 is 11.6 Å². The summed E-state index contributed by atoms with van der Waals surface area (Å²) in [5, 5.41) is 0.670. The highest BCUT2D eigenvalue weighted by Crippen LogP contribution is 2.29. The van der Waals surface area contributed by atoms with E-state index in [0.717, 1.165) is 22.6 Å². The van der Waals surface area contributed by atoms with E-state index in [1.54, 1.807) is 0 Å². The minimum atomic E-state index is -4.94. The number of benzene rings is 2. The lowest BCUT2D eigenvalue weighted by Crippen LogP contribution is -2.68. The molecule has 7 heteroatoms. The molecule has 2 aromatic carbocycles. The Bertz CT molecular complexity index is 710. The van der Waals surface area contributed by atoms with E-state index in [9.17, 15) is 0 Å². The monoisotopic (exact) mass is 366 g/mol. The Kier molecular flexibility index (Phi) is 6.28. The highest BCUT2D eigenvalue weighted by molar-refractivity contribution is 6.31. The van der Waals surface area contributed by atoms with Crippen LogP contribution >= 0.6 is 11.6 Å². The Labute approximate surface area is 145 Å². The van der Waals surface area contributed by atoms with Crippen molar-refractivity contribution in [2.24, 2.45) is 0 Å². The third kappa shape index (κ3) is 6.25. The summed E-state index contributed by atoms with van der Waals surface area (Å²) in [7, 11) is -4.94. The van der Waals surface area contributed by atoms with Crippen molar-refractivity contribution in [2.45, 2.75) is 0 Å². The van der Waals surface area contributed by atoms with Gasteiger partial charge in [0.15, 0.2) is 0 Å². The molecule has 0 aliphatic heterocycles. The van der Waals surface area contributed by atoms with E-state index in [0.29, 0.717) is 5.02 Å². The summed E-state index contributed by atoms with van der Waals surface area (Å²) in [5.74, 6) is 1.54. The normalized spacial score (nSPS) is 10.7. The zero-order chi connectivity index (χ0) is 17.6. The molecule has 0 amide bonds. The summed E-state index contributed by atoms with van der Waals surface area (Å²) in [4.78, 5) is 0. The zero-order valence-electron chi connectivity index (χ0n) is 12.2. The molecular weight excluding hydrogens is 355 g/mol. The minimum absolute atomic E-state index is 0.670. The maximum atomic E-state index is 8.49. The van der Waals surface area contributed by atoms with Gasteiger partial charge in [-0.1, -0.05) is 48.0 Å². The van der Waals surface area contributed by atoms with Gasteiger partial charge in [0.2, 0.25) is 0 Å². The molecule has 1 heterocycles. The summed E-state index contributed by atoms with van der Waals surface area (Å²) in [5.41, 5.74) is 2.03. The summed E-state index contributed by atoms with van der Waals surface area (Å²) in [6, 6.07) is 23.6. The van der Waals surface area contributed by atoms with Gasteiger partial charge >= 0.3 is 11.5 Å². The lowest BCUT2D eigenvalue weighted by atomic mass is 10.1. The van der Waals surface area contributed by atoms with E-state index in [1.165, 1.54) is 0 Å². The quantitative estimate of drug-likeness (QED) is 0.623. The highest BCUT2D eigenvalue weighted by Gasteiger charge is 2.18. The molecule has 24 heavy (non-hydrogen) atoms. The van der Waals surface area contributed by atoms with Crippen molar-refractivity contribution in [3.63, 3.8) is 0 Å². The molecule has 0 unspecified atom stereocenters. The molecule has 0 spiro atoms. The van der Waals surface area contributed by atoms with Crippen LogP contribution in [0, 0.1) is 10.2 Å². The van der Waals surface area contributed by atoms with Gasteiger partial charge in [-0.2, -0.15) is 0 Å². The van der Waals surface area contributed by atoms with Gasteiger partial charge in [-0.25, -0.2) is 23.1 Å². The predicted octanol–water partition coefficient (Wildman–Crippen LogP) is 0.792. The number of halogens is 2. The molecule has 0 atom stereocenters. The Hall–Kier alpha value is -1.99. The lowest BCUT2D eigenvalue weighted by Gasteiger charge is -2.17.